The highest BCUT2D eigenvalue weighted by molar-refractivity contribution is 5.28. The minimum atomic E-state index is 0.260. The molecule has 0 aromatic carbocycles. The van der Waals surface area contributed by atoms with Crippen LogP contribution in [0.25, 0.3) is 0 Å². The van der Waals surface area contributed by atoms with Crippen molar-refractivity contribution in [3.8, 4) is 0 Å². The molecule has 3 fully saturated rings. The van der Waals surface area contributed by atoms with Crippen LogP contribution in [0.3, 0.4) is 0 Å². The summed E-state index contributed by atoms with van der Waals surface area (Å²) in [6.45, 7) is 18.8. The summed E-state index contributed by atoms with van der Waals surface area (Å²) in [7, 11) is 0. The Balaban J connectivity index is 0.000000662. The van der Waals surface area contributed by atoms with Gasteiger partial charge in [0.05, 0.1) is 0 Å². The van der Waals surface area contributed by atoms with Crippen molar-refractivity contribution < 1.29 is 0 Å². The molecule has 0 heteroatoms. The van der Waals surface area contributed by atoms with Gasteiger partial charge in [-0.25, -0.2) is 0 Å². The lowest BCUT2D eigenvalue weighted by Crippen LogP contribution is -2.24. The third-order valence-electron chi connectivity index (χ3n) is 9.70. The second kappa shape index (κ2) is 16.9. The zero-order valence-electron chi connectivity index (χ0n) is 25.6. The molecule has 3 aliphatic carbocycles. The largest absolute Gasteiger partial charge is 0.0996 e. The van der Waals surface area contributed by atoms with Gasteiger partial charge < -0.3 is 0 Å². The molecule has 3 rings (SSSR count). The Morgan fingerprint density at radius 2 is 1.44 bits per heavy atom. The molecular weight excluding hydrogens is 432 g/mol. The Kier molecular flexibility index (Phi) is 14.8. The Morgan fingerprint density at radius 1 is 0.861 bits per heavy atom. The van der Waals surface area contributed by atoms with Gasteiger partial charge in [-0.05, 0) is 74.5 Å². The van der Waals surface area contributed by atoms with Crippen molar-refractivity contribution >= 4 is 0 Å². The van der Waals surface area contributed by atoms with Gasteiger partial charge in [-0.3, -0.25) is 0 Å². The molecule has 3 aliphatic rings. The summed E-state index contributed by atoms with van der Waals surface area (Å²) in [5.41, 5.74) is 4.96. The van der Waals surface area contributed by atoms with Gasteiger partial charge >= 0.3 is 0 Å². The molecule has 3 atom stereocenters. The fourth-order valence-electron chi connectivity index (χ4n) is 7.19. The van der Waals surface area contributed by atoms with E-state index >= 15 is 0 Å². The SMILES string of the molecule is C1CCCCC1.C=C(CCC1CCCCC1)C(CC(=C/C)/C=C(\CC)C(C)(C)C)C1CCCC(C)C1. The van der Waals surface area contributed by atoms with E-state index in [2.05, 4.69) is 53.7 Å². The molecule has 0 saturated heterocycles. The monoisotopic (exact) mass is 497 g/mol. The highest BCUT2D eigenvalue weighted by Gasteiger charge is 2.29. The fraction of sp³-hybridized carbons (Fsp3) is 0.833. The van der Waals surface area contributed by atoms with Gasteiger partial charge in [-0.1, -0.05) is 154 Å². The second-order valence-electron chi connectivity index (χ2n) is 13.8. The second-order valence-corrected chi connectivity index (χ2v) is 13.8. The summed E-state index contributed by atoms with van der Waals surface area (Å²) < 4.78 is 0. The Hall–Kier alpha value is -0.780. The van der Waals surface area contributed by atoms with Gasteiger partial charge in [0.1, 0.15) is 0 Å². The normalized spacial score (nSPS) is 25.6. The van der Waals surface area contributed by atoms with Crippen molar-refractivity contribution in [1.29, 1.82) is 0 Å². The highest BCUT2D eigenvalue weighted by Crippen LogP contribution is 2.42. The van der Waals surface area contributed by atoms with E-state index < -0.39 is 0 Å². The average molecular weight is 497 g/mol. The lowest BCUT2D eigenvalue weighted by atomic mass is 9.70. The van der Waals surface area contributed by atoms with Gasteiger partial charge in [0.25, 0.3) is 0 Å². The van der Waals surface area contributed by atoms with Gasteiger partial charge in [0.15, 0.2) is 0 Å². The third kappa shape index (κ3) is 11.7. The van der Waals surface area contributed by atoms with Crippen LogP contribution < -0.4 is 0 Å². The van der Waals surface area contributed by atoms with Crippen LogP contribution in [0, 0.1) is 29.1 Å². The molecule has 0 bridgehead atoms. The highest BCUT2D eigenvalue weighted by atomic mass is 14.3. The first-order valence-corrected chi connectivity index (χ1v) is 16.3. The summed E-state index contributed by atoms with van der Waals surface area (Å²) in [5, 5.41) is 0. The van der Waals surface area contributed by atoms with Crippen molar-refractivity contribution in [3.63, 3.8) is 0 Å². The zero-order chi connectivity index (χ0) is 26.4. The molecule has 0 spiro atoms. The maximum Gasteiger partial charge on any atom is -0.0137 e. The Morgan fingerprint density at radius 3 is 1.94 bits per heavy atom. The summed E-state index contributed by atoms with van der Waals surface area (Å²) >= 11 is 0. The molecule has 0 aromatic heterocycles. The van der Waals surface area contributed by atoms with E-state index in [-0.39, 0.29) is 5.41 Å². The van der Waals surface area contributed by atoms with E-state index in [4.69, 9.17) is 6.58 Å². The maximum atomic E-state index is 4.73. The molecule has 0 nitrogen and oxygen atoms in total. The van der Waals surface area contributed by atoms with Crippen LogP contribution >= 0.6 is 0 Å². The summed E-state index contributed by atoms with van der Waals surface area (Å²) in [4.78, 5) is 0. The van der Waals surface area contributed by atoms with Crippen LogP contribution in [-0.2, 0) is 0 Å². The van der Waals surface area contributed by atoms with Crippen LogP contribution in [-0.4, -0.2) is 0 Å². The van der Waals surface area contributed by atoms with Crippen LogP contribution in [0.2, 0.25) is 0 Å². The van der Waals surface area contributed by atoms with Crippen molar-refractivity contribution in [2.75, 3.05) is 0 Å². The molecule has 0 aromatic rings. The average Bonchev–Trinajstić information content (AvgIpc) is 2.89. The van der Waals surface area contributed by atoms with E-state index in [1.165, 1.54) is 116 Å². The minimum Gasteiger partial charge on any atom is -0.0996 e. The van der Waals surface area contributed by atoms with Gasteiger partial charge in [-0.15, -0.1) is 0 Å². The third-order valence-corrected chi connectivity index (χ3v) is 9.70. The fourth-order valence-corrected chi connectivity index (χ4v) is 7.19. The van der Waals surface area contributed by atoms with Crippen LogP contribution in [0.1, 0.15) is 164 Å². The van der Waals surface area contributed by atoms with E-state index in [0.29, 0.717) is 5.92 Å². The molecule has 0 aliphatic heterocycles. The van der Waals surface area contributed by atoms with Gasteiger partial charge in [0, 0.05) is 0 Å². The Bertz CT molecular complexity index is 647. The first-order valence-electron chi connectivity index (χ1n) is 16.3. The van der Waals surface area contributed by atoms with Crippen molar-refractivity contribution in [2.45, 2.75) is 164 Å². The molecule has 0 N–H and O–H groups in total. The molecule has 208 valence electrons. The summed E-state index contributed by atoms with van der Waals surface area (Å²) in [5.74, 6) is 3.38. The summed E-state index contributed by atoms with van der Waals surface area (Å²) in [6, 6.07) is 0. The quantitative estimate of drug-likeness (QED) is 0.220. The predicted molar refractivity (Wildman–Crippen MR) is 163 cm³/mol. The van der Waals surface area contributed by atoms with Crippen molar-refractivity contribution in [2.24, 2.45) is 29.1 Å². The molecule has 0 heterocycles. The maximum absolute atomic E-state index is 4.73. The van der Waals surface area contributed by atoms with Crippen LogP contribution in [0.15, 0.2) is 35.5 Å². The predicted octanol–water partition coefficient (Wildman–Crippen LogP) is 12.4. The van der Waals surface area contributed by atoms with Crippen LogP contribution in [0.5, 0.6) is 0 Å². The molecule has 3 saturated carbocycles. The summed E-state index contributed by atoms with van der Waals surface area (Å²) in [6.07, 6.45) is 31.9. The number of hydrogen-bond donors (Lipinski definition) is 0. The van der Waals surface area contributed by atoms with E-state index in [9.17, 15) is 0 Å². The minimum absolute atomic E-state index is 0.260. The smallest absolute Gasteiger partial charge is 0.0137 e. The number of rotatable bonds is 9. The lowest BCUT2D eigenvalue weighted by molar-refractivity contribution is 0.219. The number of hydrogen-bond acceptors (Lipinski definition) is 0. The lowest BCUT2D eigenvalue weighted by Gasteiger charge is -2.36. The standard InChI is InChI=1S/C30H52.C6H12/c1-8-25(21-28(9-2)30(5,6)7)22-29(27-17-13-14-23(3)20-27)24(4)18-19-26-15-11-10-12-16-26;1-2-4-6-5-3-1/h8,21,23,26-27,29H,4,9-20,22H2,1-3,5-7H3;1-6H2/b25-8+,28-21+;. The van der Waals surface area contributed by atoms with Crippen molar-refractivity contribution in [1.82, 2.24) is 0 Å². The molecule has 36 heavy (non-hydrogen) atoms. The molecule has 0 radical (unpaired) electrons. The first-order chi connectivity index (χ1) is 17.2. The molecule has 3 unspecified atom stereocenters. The zero-order valence-corrected chi connectivity index (χ0v) is 25.6. The van der Waals surface area contributed by atoms with Gasteiger partial charge in [0.2, 0.25) is 0 Å². The molecular formula is C36H64. The van der Waals surface area contributed by atoms with E-state index in [1.807, 2.05) is 0 Å². The van der Waals surface area contributed by atoms with E-state index in [1.54, 1.807) is 16.7 Å². The van der Waals surface area contributed by atoms with Crippen LogP contribution in [0.4, 0.5) is 0 Å². The first kappa shape index (κ1) is 31.4. The van der Waals surface area contributed by atoms with Crippen molar-refractivity contribution in [3.05, 3.63) is 35.5 Å². The Labute approximate surface area is 227 Å². The van der Waals surface area contributed by atoms with Gasteiger partial charge in [-0.2, -0.15) is 0 Å². The topological polar surface area (TPSA) is 0 Å². The van der Waals surface area contributed by atoms with E-state index in [0.717, 1.165) is 24.2 Å². The number of allylic oxidation sites excluding steroid dienone is 5. The molecule has 0 amide bonds.